The minimum absolute atomic E-state index is 0.104. The van der Waals surface area contributed by atoms with E-state index in [2.05, 4.69) is 29.2 Å². The van der Waals surface area contributed by atoms with Gasteiger partial charge in [0.05, 0.1) is 7.11 Å². The number of fused-ring (bicyclic) bond motifs is 1. The van der Waals surface area contributed by atoms with E-state index < -0.39 is 0 Å². The first-order valence-electron chi connectivity index (χ1n) is 14.7. The zero-order valence-electron chi connectivity index (χ0n) is 23.6. The van der Waals surface area contributed by atoms with E-state index in [-0.39, 0.29) is 17.7 Å². The van der Waals surface area contributed by atoms with Crippen LogP contribution in [0.5, 0.6) is 5.75 Å². The standard InChI is InChI=1S/C34H41N3O3/c1-40-32-19-8-6-12-28(32)16-10-20-36(33(38)29-13-3-2-4-14-29)24-21-35-22-25-37(26-23-35)34(39)31-18-9-15-27-11-5-7-17-30(27)31/h5-12,15-19,29H,2-4,13-14,20-26H2,1H3/b16-10+. The number of benzene rings is 3. The van der Waals surface area contributed by atoms with Gasteiger partial charge in [-0.25, -0.2) is 0 Å². The Kier molecular flexibility index (Phi) is 9.50. The summed E-state index contributed by atoms with van der Waals surface area (Å²) in [6, 6.07) is 22.0. The van der Waals surface area contributed by atoms with E-state index in [4.69, 9.17) is 4.74 Å². The molecule has 0 atom stereocenters. The van der Waals surface area contributed by atoms with E-state index in [1.165, 1.54) is 6.42 Å². The van der Waals surface area contributed by atoms with Crippen molar-refractivity contribution in [3.63, 3.8) is 0 Å². The van der Waals surface area contributed by atoms with Gasteiger partial charge in [0, 0.05) is 62.9 Å². The molecule has 0 aromatic heterocycles. The van der Waals surface area contributed by atoms with Crippen molar-refractivity contribution >= 4 is 28.7 Å². The molecule has 3 aromatic carbocycles. The molecule has 2 amide bonds. The number of carbonyl (C=O) groups is 2. The maximum absolute atomic E-state index is 13.5. The lowest BCUT2D eigenvalue weighted by molar-refractivity contribution is -0.136. The molecule has 1 heterocycles. The van der Waals surface area contributed by atoms with Crippen molar-refractivity contribution in [2.45, 2.75) is 32.1 Å². The first-order chi connectivity index (χ1) is 19.6. The lowest BCUT2D eigenvalue weighted by Crippen LogP contribution is -2.51. The van der Waals surface area contributed by atoms with Crippen molar-refractivity contribution in [1.29, 1.82) is 0 Å². The average molecular weight is 540 g/mol. The summed E-state index contributed by atoms with van der Waals surface area (Å²) in [6.45, 7) is 5.14. The van der Waals surface area contributed by atoms with Gasteiger partial charge >= 0.3 is 0 Å². The topological polar surface area (TPSA) is 53.1 Å². The summed E-state index contributed by atoms with van der Waals surface area (Å²) in [6.07, 6.45) is 9.67. The number of rotatable bonds is 9. The van der Waals surface area contributed by atoms with Gasteiger partial charge in [0.1, 0.15) is 5.75 Å². The smallest absolute Gasteiger partial charge is 0.254 e. The Morgan fingerprint density at radius 2 is 1.62 bits per heavy atom. The number of carbonyl (C=O) groups excluding carboxylic acids is 2. The van der Waals surface area contributed by atoms with Crippen LogP contribution in [0.25, 0.3) is 16.8 Å². The minimum Gasteiger partial charge on any atom is -0.496 e. The first-order valence-corrected chi connectivity index (χ1v) is 14.7. The van der Waals surface area contributed by atoms with Gasteiger partial charge in [0.2, 0.25) is 5.91 Å². The largest absolute Gasteiger partial charge is 0.496 e. The van der Waals surface area contributed by atoms with Gasteiger partial charge in [-0.3, -0.25) is 14.5 Å². The number of piperazine rings is 1. The molecule has 0 N–H and O–H groups in total. The number of ether oxygens (including phenoxy) is 1. The second-order valence-electron chi connectivity index (χ2n) is 10.9. The summed E-state index contributed by atoms with van der Waals surface area (Å²) >= 11 is 0. The number of nitrogens with zero attached hydrogens (tertiary/aromatic N) is 3. The van der Waals surface area contributed by atoms with E-state index in [9.17, 15) is 9.59 Å². The Morgan fingerprint density at radius 3 is 2.42 bits per heavy atom. The molecule has 0 radical (unpaired) electrons. The van der Waals surface area contributed by atoms with Crippen LogP contribution in [0.2, 0.25) is 0 Å². The zero-order chi connectivity index (χ0) is 27.7. The molecule has 210 valence electrons. The third kappa shape index (κ3) is 6.73. The molecule has 5 rings (SSSR count). The summed E-state index contributed by atoms with van der Waals surface area (Å²) < 4.78 is 5.48. The number of methoxy groups -OCH3 is 1. The second kappa shape index (κ2) is 13.6. The fraction of sp³-hybridized carbons (Fsp3) is 0.412. The van der Waals surface area contributed by atoms with E-state index in [1.54, 1.807) is 7.11 Å². The summed E-state index contributed by atoms with van der Waals surface area (Å²) in [5.74, 6) is 1.37. The van der Waals surface area contributed by atoms with E-state index in [0.717, 1.165) is 73.0 Å². The molecule has 40 heavy (non-hydrogen) atoms. The lowest BCUT2D eigenvalue weighted by atomic mass is 9.88. The van der Waals surface area contributed by atoms with Gasteiger partial charge in [-0.2, -0.15) is 0 Å². The van der Waals surface area contributed by atoms with Crippen LogP contribution in [-0.4, -0.2) is 79.4 Å². The Hall–Kier alpha value is -3.64. The van der Waals surface area contributed by atoms with Crippen molar-refractivity contribution in [3.8, 4) is 5.75 Å². The van der Waals surface area contributed by atoms with Crippen LogP contribution in [0.4, 0.5) is 0 Å². The van der Waals surface area contributed by atoms with Crippen molar-refractivity contribution < 1.29 is 14.3 Å². The molecule has 2 aliphatic rings. The molecule has 1 aliphatic carbocycles. The average Bonchev–Trinajstić information content (AvgIpc) is 3.02. The molecule has 6 heteroatoms. The lowest BCUT2D eigenvalue weighted by Gasteiger charge is -2.36. The quantitative estimate of drug-likeness (QED) is 0.349. The third-order valence-electron chi connectivity index (χ3n) is 8.39. The summed E-state index contributed by atoms with van der Waals surface area (Å²) in [4.78, 5) is 33.3. The van der Waals surface area contributed by atoms with Crippen molar-refractivity contribution in [1.82, 2.24) is 14.7 Å². The molecule has 1 saturated carbocycles. The molecule has 0 unspecified atom stereocenters. The predicted octanol–water partition coefficient (Wildman–Crippen LogP) is 5.73. The normalized spacial score (nSPS) is 16.9. The highest BCUT2D eigenvalue weighted by molar-refractivity contribution is 6.07. The van der Waals surface area contributed by atoms with Crippen LogP contribution in [0, 0.1) is 5.92 Å². The highest BCUT2D eigenvalue weighted by atomic mass is 16.5. The number of amides is 2. The molecular formula is C34H41N3O3. The van der Waals surface area contributed by atoms with E-state index in [0.29, 0.717) is 26.2 Å². The first kappa shape index (κ1) is 27.9. The Balaban J connectivity index is 1.19. The van der Waals surface area contributed by atoms with Crippen LogP contribution >= 0.6 is 0 Å². The molecule has 0 bridgehead atoms. The highest BCUT2D eigenvalue weighted by Gasteiger charge is 2.27. The molecule has 1 saturated heterocycles. The molecule has 3 aromatic rings. The van der Waals surface area contributed by atoms with Crippen molar-refractivity contribution in [2.75, 3.05) is 52.9 Å². The molecule has 0 spiro atoms. The van der Waals surface area contributed by atoms with E-state index in [1.807, 2.05) is 64.4 Å². The summed E-state index contributed by atoms with van der Waals surface area (Å²) in [5, 5.41) is 2.10. The fourth-order valence-corrected chi connectivity index (χ4v) is 6.03. The highest BCUT2D eigenvalue weighted by Crippen LogP contribution is 2.26. The van der Waals surface area contributed by atoms with Gasteiger partial charge in [-0.05, 0) is 35.7 Å². The van der Waals surface area contributed by atoms with Crippen LogP contribution in [0.15, 0.2) is 72.8 Å². The maximum Gasteiger partial charge on any atom is 0.254 e. The maximum atomic E-state index is 13.5. The van der Waals surface area contributed by atoms with Gasteiger partial charge in [-0.1, -0.05) is 86.0 Å². The van der Waals surface area contributed by atoms with E-state index >= 15 is 0 Å². The monoisotopic (exact) mass is 539 g/mol. The Bertz CT molecular complexity index is 1320. The molecule has 1 aliphatic heterocycles. The molecule has 6 nitrogen and oxygen atoms in total. The number of para-hydroxylation sites is 1. The van der Waals surface area contributed by atoms with Gasteiger partial charge < -0.3 is 14.5 Å². The summed E-state index contributed by atoms with van der Waals surface area (Å²) in [7, 11) is 1.68. The number of hydrogen-bond acceptors (Lipinski definition) is 4. The van der Waals surface area contributed by atoms with Crippen molar-refractivity contribution in [3.05, 3.63) is 83.9 Å². The van der Waals surface area contributed by atoms with Crippen LogP contribution in [0.1, 0.15) is 48.0 Å². The second-order valence-corrected chi connectivity index (χ2v) is 10.9. The third-order valence-corrected chi connectivity index (χ3v) is 8.39. The van der Waals surface area contributed by atoms with Crippen molar-refractivity contribution in [2.24, 2.45) is 5.92 Å². The molecular weight excluding hydrogens is 498 g/mol. The Labute approximate surface area is 238 Å². The van der Waals surface area contributed by atoms with Gasteiger partial charge in [-0.15, -0.1) is 0 Å². The van der Waals surface area contributed by atoms with Crippen LogP contribution in [0.3, 0.4) is 0 Å². The number of hydrogen-bond donors (Lipinski definition) is 0. The minimum atomic E-state index is 0.104. The van der Waals surface area contributed by atoms with Gasteiger partial charge in [0.15, 0.2) is 0 Å². The SMILES string of the molecule is COc1ccccc1/C=C/CN(CCN1CCN(C(=O)c2cccc3ccccc23)CC1)C(=O)C1CCCCC1. The molecule has 2 fully saturated rings. The van der Waals surface area contributed by atoms with Gasteiger partial charge in [0.25, 0.3) is 5.91 Å². The Morgan fingerprint density at radius 1 is 0.900 bits per heavy atom. The van der Waals surface area contributed by atoms with Crippen LogP contribution in [-0.2, 0) is 4.79 Å². The predicted molar refractivity (Wildman–Crippen MR) is 161 cm³/mol. The fourth-order valence-electron chi connectivity index (χ4n) is 6.03. The van der Waals surface area contributed by atoms with Crippen LogP contribution < -0.4 is 4.74 Å². The summed E-state index contributed by atoms with van der Waals surface area (Å²) in [5.41, 5.74) is 1.79. The zero-order valence-corrected chi connectivity index (χ0v) is 23.6.